The van der Waals surface area contributed by atoms with Gasteiger partial charge in [-0.05, 0) is 17.7 Å². The minimum Gasteiger partial charge on any atom is -0.478 e. The Hall–Kier alpha value is -2.95. The van der Waals surface area contributed by atoms with Gasteiger partial charge >= 0.3 is 5.97 Å². The van der Waals surface area contributed by atoms with Gasteiger partial charge in [0.1, 0.15) is 0 Å². The van der Waals surface area contributed by atoms with Gasteiger partial charge in [0.15, 0.2) is 0 Å². The number of pyridine rings is 1. The summed E-state index contributed by atoms with van der Waals surface area (Å²) in [7, 11) is 0. The average molecular weight is 279 g/mol. The molecule has 0 saturated heterocycles. The van der Waals surface area contributed by atoms with Crippen LogP contribution in [0.4, 0.5) is 0 Å². The number of aromatic carboxylic acids is 1. The number of rotatable bonds is 4. The number of hydrogen-bond donors (Lipinski definition) is 1. The van der Waals surface area contributed by atoms with Crippen LogP contribution in [-0.2, 0) is 6.54 Å². The van der Waals surface area contributed by atoms with Crippen molar-refractivity contribution in [3.05, 3.63) is 72.2 Å². The van der Waals surface area contributed by atoms with E-state index in [0.717, 1.165) is 5.56 Å². The van der Waals surface area contributed by atoms with Crippen molar-refractivity contribution in [3.8, 4) is 11.3 Å². The molecule has 0 amide bonds. The highest BCUT2D eigenvalue weighted by Crippen LogP contribution is 2.16. The lowest BCUT2D eigenvalue weighted by atomic mass is 10.2. The first-order chi connectivity index (χ1) is 10.2. The van der Waals surface area contributed by atoms with Crippen LogP contribution in [0.15, 0.2) is 61.1 Å². The molecule has 0 saturated carbocycles. The second kappa shape index (κ2) is 5.58. The molecule has 1 N–H and O–H groups in total. The summed E-state index contributed by atoms with van der Waals surface area (Å²) in [4.78, 5) is 15.0. The SMILES string of the molecule is O=C(O)c1ccc(-c2cnn(Cc3ccccc3)c2)nc1. The van der Waals surface area contributed by atoms with Crippen LogP contribution in [0, 0.1) is 0 Å². The molecule has 0 aliphatic rings. The van der Waals surface area contributed by atoms with Gasteiger partial charge in [-0.1, -0.05) is 30.3 Å². The third-order valence-electron chi connectivity index (χ3n) is 3.13. The van der Waals surface area contributed by atoms with E-state index in [1.54, 1.807) is 18.3 Å². The first-order valence-electron chi connectivity index (χ1n) is 6.48. The van der Waals surface area contributed by atoms with Gasteiger partial charge in [0.2, 0.25) is 0 Å². The molecule has 2 aromatic heterocycles. The summed E-state index contributed by atoms with van der Waals surface area (Å²) >= 11 is 0. The van der Waals surface area contributed by atoms with Crippen LogP contribution in [0.5, 0.6) is 0 Å². The van der Waals surface area contributed by atoms with E-state index >= 15 is 0 Å². The Labute approximate surface area is 121 Å². The van der Waals surface area contributed by atoms with Crippen LogP contribution in [0.3, 0.4) is 0 Å². The molecular weight excluding hydrogens is 266 g/mol. The van der Waals surface area contributed by atoms with Gasteiger partial charge < -0.3 is 5.11 Å². The quantitative estimate of drug-likeness (QED) is 0.797. The molecule has 0 spiro atoms. The summed E-state index contributed by atoms with van der Waals surface area (Å²) in [5.74, 6) is -0.978. The fourth-order valence-corrected chi connectivity index (χ4v) is 2.04. The zero-order chi connectivity index (χ0) is 14.7. The van der Waals surface area contributed by atoms with Crippen molar-refractivity contribution in [1.82, 2.24) is 14.8 Å². The van der Waals surface area contributed by atoms with E-state index in [0.29, 0.717) is 12.2 Å². The third-order valence-corrected chi connectivity index (χ3v) is 3.13. The third kappa shape index (κ3) is 2.97. The van der Waals surface area contributed by atoms with Crippen molar-refractivity contribution in [1.29, 1.82) is 0 Å². The van der Waals surface area contributed by atoms with Gasteiger partial charge in [-0.25, -0.2) is 4.79 Å². The maximum absolute atomic E-state index is 10.8. The van der Waals surface area contributed by atoms with Crippen molar-refractivity contribution in [2.45, 2.75) is 6.54 Å². The van der Waals surface area contributed by atoms with E-state index in [1.165, 1.54) is 11.8 Å². The highest BCUT2D eigenvalue weighted by atomic mass is 16.4. The van der Waals surface area contributed by atoms with E-state index in [9.17, 15) is 4.79 Å². The van der Waals surface area contributed by atoms with E-state index < -0.39 is 5.97 Å². The zero-order valence-corrected chi connectivity index (χ0v) is 11.2. The first-order valence-corrected chi connectivity index (χ1v) is 6.48. The van der Waals surface area contributed by atoms with E-state index in [-0.39, 0.29) is 5.56 Å². The highest BCUT2D eigenvalue weighted by Gasteiger charge is 2.06. The van der Waals surface area contributed by atoms with Gasteiger partial charge in [0, 0.05) is 18.0 Å². The van der Waals surface area contributed by atoms with E-state index in [4.69, 9.17) is 5.11 Å². The topological polar surface area (TPSA) is 68.0 Å². The van der Waals surface area contributed by atoms with Crippen molar-refractivity contribution < 1.29 is 9.90 Å². The molecule has 0 radical (unpaired) electrons. The van der Waals surface area contributed by atoms with Crippen LogP contribution in [0.2, 0.25) is 0 Å². The number of carboxylic acid groups (broad SMARTS) is 1. The molecule has 104 valence electrons. The predicted octanol–water partition coefficient (Wildman–Crippen LogP) is 2.69. The minimum atomic E-state index is -0.978. The molecule has 0 atom stereocenters. The largest absolute Gasteiger partial charge is 0.478 e. The molecule has 0 unspecified atom stereocenters. The van der Waals surface area contributed by atoms with Crippen LogP contribution in [0.25, 0.3) is 11.3 Å². The van der Waals surface area contributed by atoms with Crippen LogP contribution < -0.4 is 0 Å². The molecule has 0 bridgehead atoms. The van der Waals surface area contributed by atoms with Crippen molar-refractivity contribution in [2.75, 3.05) is 0 Å². The first kappa shape index (κ1) is 13.1. The lowest BCUT2D eigenvalue weighted by Crippen LogP contribution is -1.99. The molecule has 0 aliphatic heterocycles. The fraction of sp³-hybridized carbons (Fsp3) is 0.0625. The Balaban J connectivity index is 1.80. The molecule has 0 fully saturated rings. The number of nitrogens with zero attached hydrogens (tertiary/aromatic N) is 3. The van der Waals surface area contributed by atoms with Crippen LogP contribution >= 0.6 is 0 Å². The molecule has 3 aromatic rings. The summed E-state index contributed by atoms with van der Waals surface area (Å²) < 4.78 is 1.83. The molecule has 21 heavy (non-hydrogen) atoms. The summed E-state index contributed by atoms with van der Waals surface area (Å²) in [5.41, 5.74) is 2.92. The van der Waals surface area contributed by atoms with Crippen LogP contribution in [0.1, 0.15) is 15.9 Å². The Kier molecular flexibility index (Phi) is 3.47. The average Bonchev–Trinajstić information content (AvgIpc) is 2.97. The maximum Gasteiger partial charge on any atom is 0.337 e. The molecule has 2 heterocycles. The van der Waals surface area contributed by atoms with Gasteiger partial charge in [-0.15, -0.1) is 0 Å². The lowest BCUT2D eigenvalue weighted by Gasteiger charge is -2.01. The minimum absolute atomic E-state index is 0.176. The normalized spacial score (nSPS) is 10.5. The van der Waals surface area contributed by atoms with Crippen molar-refractivity contribution in [2.24, 2.45) is 0 Å². The van der Waals surface area contributed by atoms with Gasteiger partial charge in [0.25, 0.3) is 0 Å². The summed E-state index contributed by atoms with van der Waals surface area (Å²) in [5, 5.41) is 13.2. The van der Waals surface area contributed by atoms with Crippen molar-refractivity contribution >= 4 is 5.97 Å². The van der Waals surface area contributed by atoms with Gasteiger partial charge in [-0.2, -0.15) is 5.10 Å². The van der Waals surface area contributed by atoms with Crippen molar-refractivity contribution in [3.63, 3.8) is 0 Å². The van der Waals surface area contributed by atoms with E-state index in [2.05, 4.69) is 10.1 Å². The standard InChI is InChI=1S/C16H13N3O2/c20-16(21)13-6-7-15(17-8-13)14-9-18-19(11-14)10-12-4-2-1-3-5-12/h1-9,11H,10H2,(H,20,21). The summed E-state index contributed by atoms with van der Waals surface area (Å²) in [6.45, 7) is 0.689. The number of carbonyl (C=O) groups is 1. The number of carboxylic acids is 1. The molecule has 5 heteroatoms. The molecule has 5 nitrogen and oxygen atoms in total. The molecule has 3 rings (SSSR count). The van der Waals surface area contributed by atoms with Gasteiger partial charge in [-0.3, -0.25) is 9.67 Å². The van der Waals surface area contributed by atoms with Crippen LogP contribution in [-0.4, -0.2) is 25.8 Å². The molecular formula is C16H13N3O2. The monoisotopic (exact) mass is 279 g/mol. The molecule has 1 aromatic carbocycles. The molecule has 0 aliphatic carbocycles. The van der Waals surface area contributed by atoms with E-state index in [1.807, 2.05) is 41.2 Å². The predicted molar refractivity (Wildman–Crippen MR) is 78.0 cm³/mol. The smallest absolute Gasteiger partial charge is 0.337 e. The Morgan fingerprint density at radius 1 is 1.10 bits per heavy atom. The zero-order valence-electron chi connectivity index (χ0n) is 11.2. The Morgan fingerprint density at radius 3 is 2.57 bits per heavy atom. The second-order valence-corrected chi connectivity index (χ2v) is 4.65. The van der Waals surface area contributed by atoms with Gasteiger partial charge in [0.05, 0.1) is 24.0 Å². The highest BCUT2D eigenvalue weighted by molar-refractivity contribution is 5.87. The lowest BCUT2D eigenvalue weighted by molar-refractivity contribution is 0.0696. The number of aromatic nitrogens is 3. The second-order valence-electron chi connectivity index (χ2n) is 4.65. The summed E-state index contributed by atoms with van der Waals surface area (Å²) in [6, 6.07) is 13.3. The maximum atomic E-state index is 10.8. The Morgan fingerprint density at radius 2 is 1.90 bits per heavy atom. The number of benzene rings is 1. The summed E-state index contributed by atoms with van der Waals surface area (Å²) in [6.07, 6.45) is 4.98. The number of hydrogen-bond acceptors (Lipinski definition) is 3. The Bertz CT molecular complexity index is 749. The fourth-order valence-electron chi connectivity index (χ4n) is 2.04.